The Balaban J connectivity index is 0.000000527. The number of carbonyl (C=O) groups is 2. The number of carboxylic acid groups (broad SMARTS) is 2. The molecule has 1 aliphatic heterocycles. The number of rotatable bonds is 5. The molecule has 1 aromatic rings. The van der Waals surface area contributed by atoms with Gasteiger partial charge < -0.3 is 19.7 Å². The van der Waals surface area contributed by atoms with Crippen LogP contribution in [-0.4, -0.2) is 70.4 Å². The summed E-state index contributed by atoms with van der Waals surface area (Å²) in [6, 6.07) is 4.85. The van der Waals surface area contributed by atoms with Crippen molar-refractivity contribution >= 4 is 17.6 Å². The van der Waals surface area contributed by atoms with E-state index in [1.165, 1.54) is 6.07 Å². The van der Waals surface area contributed by atoms with Crippen molar-refractivity contribution in [3.63, 3.8) is 0 Å². The molecule has 1 aliphatic rings. The maximum Gasteiger partial charge on any atom is 0.414 e. The Morgan fingerprint density at radius 1 is 1.26 bits per heavy atom. The molecule has 0 radical (unpaired) electrons. The summed E-state index contributed by atoms with van der Waals surface area (Å²) in [6.45, 7) is 9.08. The van der Waals surface area contributed by atoms with Crippen molar-refractivity contribution in [2.24, 2.45) is 0 Å². The zero-order chi connectivity index (χ0) is 20.6. The molecule has 0 spiro atoms. The lowest BCUT2D eigenvalue weighted by molar-refractivity contribution is -0.385. The molecule has 1 fully saturated rings. The van der Waals surface area contributed by atoms with Gasteiger partial charge in [-0.3, -0.25) is 15.0 Å². The van der Waals surface area contributed by atoms with Gasteiger partial charge in [-0.2, -0.15) is 0 Å². The molecule has 2 rings (SSSR count). The fraction of sp³-hybridized carbons (Fsp3) is 0.529. The van der Waals surface area contributed by atoms with Gasteiger partial charge in [-0.15, -0.1) is 0 Å². The first-order chi connectivity index (χ1) is 12.6. The van der Waals surface area contributed by atoms with Crippen molar-refractivity contribution in [2.75, 3.05) is 26.2 Å². The van der Waals surface area contributed by atoms with Crippen LogP contribution in [0.15, 0.2) is 18.2 Å². The molecule has 2 atom stereocenters. The SMILES string of the molecule is Cc1cc(OCCN2CC(C)OC(C)C2)ccc1[N+](=O)[O-].O=C(O)C(=O)O. The van der Waals surface area contributed by atoms with Crippen LogP contribution in [0.2, 0.25) is 0 Å². The van der Waals surface area contributed by atoms with Crippen LogP contribution in [-0.2, 0) is 14.3 Å². The third-order valence-corrected chi connectivity index (χ3v) is 3.72. The topological polar surface area (TPSA) is 139 Å². The summed E-state index contributed by atoms with van der Waals surface area (Å²) in [7, 11) is 0. The Kier molecular flexibility index (Phi) is 8.63. The van der Waals surface area contributed by atoms with Crippen molar-refractivity contribution in [3.05, 3.63) is 33.9 Å². The monoisotopic (exact) mass is 384 g/mol. The minimum Gasteiger partial charge on any atom is -0.492 e. The summed E-state index contributed by atoms with van der Waals surface area (Å²) in [6.07, 6.45) is 0.491. The number of ether oxygens (including phenoxy) is 2. The molecule has 0 saturated carbocycles. The first kappa shape index (κ1) is 22.3. The molecule has 2 N–H and O–H groups in total. The zero-order valence-corrected chi connectivity index (χ0v) is 15.5. The Morgan fingerprint density at radius 3 is 2.26 bits per heavy atom. The van der Waals surface area contributed by atoms with Crippen LogP contribution in [0.1, 0.15) is 19.4 Å². The maximum absolute atomic E-state index is 10.8. The average Bonchev–Trinajstić information content (AvgIpc) is 2.54. The maximum atomic E-state index is 10.8. The lowest BCUT2D eigenvalue weighted by Gasteiger charge is -2.35. The van der Waals surface area contributed by atoms with E-state index < -0.39 is 11.9 Å². The number of nitrogens with zero attached hydrogens (tertiary/aromatic N) is 2. The number of carboxylic acids is 2. The van der Waals surface area contributed by atoms with E-state index in [-0.39, 0.29) is 22.8 Å². The largest absolute Gasteiger partial charge is 0.492 e. The van der Waals surface area contributed by atoms with Gasteiger partial charge in [-0.05, 0) is 32.9 Å². The van der Waals surface area contributed by atoms with Gasteiger partial charge in [0.2, 0.25) is 0 Å². The van der Waals surface area contributed by atoms with Gasteiger partial charge in [0.1, 0.15) is 12.4 Å². The summed E-state index contributed by atoms with van der Waals surface area (Å²) in [5.41, 5.74) is 0.740. The number of aliphatic carboxylic acids is 2. The van der Waals surface area contributed by atoms with Crippen molar-refractivity contribution < 1.29 is 34.2 Å². The number of hydrogen-bond donors (Lipinski definition) is 2. The second-order valence-corrected chi connectivity index (χ2v) is 6.18. The lowest BCUT2D eigenvalue weighted by atomic mass is 10.2. The van der Waals surface area contributed by atoms with E-state index in [1.54, 1.807) is 19.1 Å². The van der Waals surface area contributed by atoms with Gasteiger partial charge in [-0.1, -0.05) is 0 Å². The molecule has 0 aromatic heterocycles. The van der Waals surface area contributed by atoms with Crippen molar-refractivity contribution in [1.82, 2.24) is 4.90 Å². The predicted molar refractivity (Wildman–Crippen MR) is 95.0 cm³/mol. The molecule has 1 saturated heterocycles. The van der Waals surface area contributed by atoms with Gasteiger partial charge in [0, 0.05) is 31.3 Å². The molecular weight excluding hydrogens is 360 g/mol. The number of benzene rings is 1. The Bertz CT molecular complexity index is 657. The minimum atomic E-state index is -1.82. The molecule has 2 unspecified atom stereocenters. The van der Waals surface area contributed by atoms with Crippen LogP contribution in [0.5, 0.6) is 5.75 Å². The van der Waals surface area contributed by atoms with E-state index >= 15 is 0 Å². The van der Waals surface area contributed by atoms with E-state index in [0.29, 0.717) is 17.9 Å². The van der Waals surface area contributed by atoms with Crippen LogP contribution >= 0.6 is 0 Å². The smallest absolute Gasteiger partial charge is 0.414 e. The summed E-state index contributed by atoms with van der Waals surface area (Å²) < 4.78 is 11.4. The van der Waals surface area contributed by atoms with Gasteiger partial charge >= 0.3 is 11.9 Å². The number of nitro benzene ring substituents is 1. The first-order valence-corrected chi connectivity index (χ1v) is 8.32. The molecule has 150 valence electrons. The lowest BCUT2D eigenvalue weighted by Crippen LogP contribution is -2.46. The molecule has 1 aromatic carbocycles. The normalized spacial score (nSPS) is 19.5. The fourth-order valence-corrected chi connectivity index (χ4v) is 2.68. The van der Waals surface area contributed by atoms with Crippen LogP contribution in [0, 0.1) is 17.0 Å². The molecule has 0 amide bonds. The van der Waals surface area contributed by atoms with Gasteiger partial charge in [0.15, 0.2) is 0 Å². The third kappa shape index (κ3) is 8.01. The van der Waals surface area contributed by atoms with E-state index in [0.717, 1.165) is 19.6 Å². The molecule has 10 nitrogen and oxygen atoms in total. The number of aryl methyl sites for hydroxylation is 1. The molecule has 27 heavy (non-hydrogen) atoms. The minimum absolute atomic E-state index is 0.123. The summed E-state index contributed by atoms with van der Waals surface area (Å²) in [5, 5.41) is 25.5. The Morgan fingerprint density at radius 2 is 1.81 bits per heavy atom. The van der Waals surface area contributed by atoms with Gasteiger partial charge in [0.05, 0.1) is 17.1 Å². The summed E-state index contributed by atoms with van der Waals surface area (Å²) in [4.78, 5) is 30.9. The van der Waals surface area contributed by atoms with Crippen LogP contribution in [0.3, 0.4) is 0 Å². The second-order valence-electron chi connectivity index (χ2n) is 6.18. The second kappa shape index (κ2) is 10.4. The molecule has 0 aliphatic carbocycles. The van der Waals surface area contributed by atoms with Crippen molar-refractivity contribution in [1.29, 1.82) is 0 Å². The first-order valence-electron chi connectivity index (χ1n) is 8.32. The molecular formula is C17H24N2O8. The van der Waals surface area contributed by atoms with E-state index in [2.05, 4.69) is 18.7 Å². The standard InChI is InChI=1S/C15H22N2O4.C2H2O4/c1-11-8-14(4-5-15(11)17(18)19)20-7-6-16-9-12(2)21-13(3)10-16;3-1(4)2(5)6/h4-5,8,12-13H,6-7,9-10H2,1-3H3;(H,3,4)(H,5,6). The van der Waals surface area contributed by atoms with Crippen molar-refractivity contribution in [3.8, 4) is 5.75 Å². The van der Waals surface area contributed by atoms with Gasteiger partial charge in [-0.25, -0.2) is 9.59 Å². The Hall–Kier alpha value is -2.72. The third-order valence-electron chi connectivity index (χ3n) is 3.72. The summed E-state index contributed by atoms with van der Waals surface area (Å²) in [5.74, 6) is -2.97. The fourth-order valence-electron chi connectivity index (χ4n) is 2.68. The zero-order valence-electron chi connectivity index (χ0n) is 15.5. The molecule has 10 heteroatoms. The van der Waals surface area contributed by atoms with E-state index in [9.17, 15) is 10.1 Å². The predicted octanol–water partition coefficient (Wildman–Crippen LogP) is 1.55. The van der Waals surface area contributed by atoms with Crippen LogP contribution in [0.4, 0.5) is 5.69 Å². The van der Waals surface area contributed by atoms with E-state index in [4.69, 9.17) is 29.3 Å². The molecule has 1 heterocycles. The highest BCUT2D eigenvalue weighted by molar-refractivity contribution is 6.27. The molecule has 0 bridgehead atoms. The van der Waals surface area contributed by atoms with E-state index in [1.807, 2.05) is 0 Å². The highest BCUT2D eigenvalue weighted by Crippen LogP contribution is 2.23. The van der Waals surface area contributed by atoms with Crippen LogP contribution < -0.4 is 4.74 Å². The quantitative estimate of drug-likeness (QED) is 0.439. The van der Waals surface area contributed by atoms with Gasteiger partial charge in [0.25, 0.3) is 5.69 Å². The number of nitro groups is 1. The number of morpholine rings is 1. The summed E-state index contributed by atoms with van der Waals surface area (Å²) >= 11 is 0. The highest BCUT2D eigenvalue weighted by Gasteiger charge is 2.21. The Labute approximate surface area is 156 Å². The number of hydrogen-bond acceptors (Lipinski definition) is 7. The van der Waals surface area contributed by atoms with Crippen molar-refractivity contribution in [2.45, 2.75) is 33.0 Å². The average molecular weight is 384 g/mol. The highest BCUT2D eigenvalue weighted by atomic mass is 16.6. The van der Waals surface area contributed by atoms with Crippen LogP contribution in [0.25, 0.3) is 0 Å².